The molecule has 146 valence electrons. The Hall–Kier alpha value is -2.10. The minimum atomic E-state index is -0.541. The van der Waals surface area contributed by atoms with Crippen molar-refractivity contribution in [1.29, 1.82) is 0 Å². The van der Waals surface area contributed by atoms with E-state index in [1.165, 1.54) is 17.4 Å². The summed E-state index contributed by atoms with van der Waals surface area (Å²) in [5.74, 6) is -0.541. The van der Waals surface area contributed by atoms with E-state index in [9.17, 15) is 14.9 Å². The van der Waals surface area contributed by atoms with Crippen LogP contribution in [0.1, 0.15) is 32.8 Å². The van der Waals surface area contributed by atoms with Gasteiger partial charge >= 0.3 is 0 Å². The fraction of sp³-hybridized carbons (Fsp3) is 0.556. The van der Waals surface area contributed by atoms with Crippen molar-refractivity contribution in [2.45, 2.75) is 46.0 Å². The van der Waals surface area contributed by atoms with Crippen LogP contribution >= 0.6 is 11.3 Å². The summed E-state index contributed by atoms with van der Waals surface area (Å²) in [4.78, 5) is 29.6. The highest BCUT2D eigenvalue weighted by Gasteiger charge is 2.43. The molecule has 1 aromatic heterocycles. The van der Waals surface area contributed by atoms with E-state index in [1.54, 1.807) is 13.0 Å². The second kappa shape index (κ2) is 7.14. The Bertz CT molecular complexity index is 936. The average molecular weight is 393 g/mol. The van der Waals surface area contributed by atoms with Crippen LogP contribution in [0.15, 0.2) is 16.9 Å². The third-order valence-corrected chi connectivity index (χ3v) is 5.99. The van der Waals surface area contributed by atoms with Gasteiger partial charge in [-0.25, -0.2) is 0 Å². The number of nitro benzene ring substituents is 1. The number of nitrogens with zero attached hydrogens (tertiary/aromatic N) is 3. The number of aromatic nitrogens is 1. The largest absolute Gasteiger partial charge is 0.348 e. The predicted octanol–water partition coefficient (Wildman–Crippen LogP) is 3.24. The van der Waals surface area contributed by atoms with Crippen molar-refractivity contribution >= 4 is 32.2 Å². The highest BCUT2D eigenvalue weighted by molar-refractivity contribution is 7.22. The maximum Gasteiger partial charge on any atom is 0.287 e. The summed E-state index contributed by atoms with van der Waals surface area (Å²) in [5, 5.41) is 12.2. The number of nitro groups is 1. The molecule has 0 bridgehead atoms. The Morgan fingerprint density at radius 3 is 2.67 bits per heavy atom. The zero-order chi connectivity index (χ0) is 18.5. The van der Waals surface area contributed by atoms with Gasteiger partial charge in [-0.1, -0.05) is 18.8 Å². The number of rotatable bonds is 2. The van der Waals surface area contributed by atoms with Crippen LogP contribution in [0, 0.1) is 17.0 Å². The van der Waals surface area contributed by atoms with Gasteiger partial charge in [-0.05, 0) is 25.5 Å². The Balaban J connectivity index is 0.00000210. The Morgan fingerprint density at radius 1 is 1.37 bits per heavy atom. The Labute approximate surface area is 160 Å². The molecule has 2 fully saturated rings. The van der Waals surface area contributed by atoms with Gasteiger partial charge in [0.2, 0.25) is 0 Å². The number of fused-ring (bicyclic) bond motifs is 1. The van der Waals surface area contributed by atoms with Crippen LogP contribution in [0.25, 0.3) is 10.1 Å². The van der Waals surface area contributed by atoms with Crippen molar-refractivity contribution in [3.8, 4) is 0 Å². The van der Waals surface area contributed by atoms with Crippen LogP contribution < -0.4 is 10.5 Å². The first-order valence-electron chi connectivity index (χ1n) is 8.53. The molecule has 1 aromatic carbocycles. The molecule has 0 amide bonds. The zero-order valence-electron chi connectivity index (χ0n) is 14.6. The molecule has 2 aliphatic rings. The molecular weight excluding hydrogens is 370 g/mol. The minimum Gasteiger partial charge on any atom is -0.348 e. The zero-order valence-corrected chi connectivity index (χ0v) is 15.4. The maximum absolute atomic E-state index is 12.5. The van der Waals surface area contributed by atoms with Crippen LogP contribution in [0.2, 0.25) is 0 Å². The van der Waals surface area contributed by atoms with E-state index in [2.05, 4.69) is 4.98 Å². The lowest BCUT2D eigenvalue weighted by atomic mass is 10.0. The molecule has 0 unspecified atom stereocenters. The van der Waals surface area contributed by atoms with Gasteiger partial charge in [0.1, 0.15) is 4.70 Å². The highest BCUT2D eigenvalue weighted by Crippen LogP contribution is 2.37. The smallest absolute Gasteiger partial charge is 0.287 e. The van der Waals surface area contributed by atoms with Crippen molar-refractivity contribution < 1.29 is 14.4 Å². The lowest BCUT2D eigenvalue weighted by Gasteiger charge is -2.37. The van der Waals surface area contributed by atoms with Gasteiger partial charge in [0.05, 0.1) is 23.0 Å². The molecule has 2 aliphatic heterocycles. The van der Waals surface area contributed by atoms with E-state index in [0.717, 1.165) is 0 Å². The first kappa shape index (κ1) is 19.7. The van der Waals surface area contributed by atoms with E-state index in [4.69, 9.17) is 9.47 Å². The first-order valence-corrected chi connectivity index (χ1v) is 9.35. The van der Waals surface area contributed by atoms with Gasteiger partial charge < -0.3 is 14.4 Å². The van der Waals surface area contributed by atoms with E-state index in [-0.39, 0.29) is 19.2 Å². The summed E-state index contributed by atoms with van der Waals surface area (Å²) in [7, 11) is 0. The number of hydrogen-bond acceptors (Lipinski definition) is 8. The quantitative estimate of drug-likeness (QED) is 0.571. The lowest BCUT2D eigenvalue weighted by molar-refractivity contribution is -0.382. The topological polar surface area (TPSA) is 94.8 Å². The molecule has 1 spiro atoms. The monoisotopic (exact) mass is 393 g/mol. The third kappa shape index (κ3) is 3.54. The van der Waals surface area contributed by atoms with Crippen molar-refractivity contribution in [2.24, 2.45) is 0 Å². The van der Waals surface area contributed by atoms with Crippen molar-refractivity contribution in [3.05, 3.63) is 38.2 Å². The second-order valence-corrected chi connectivity index (χ2v) is 7.83. The molecule has 4 rings (SSSR count). The second-order valence-electron chi connectivity index (χ2n) is 6.86. The number of benzene rings is 1. The molecule has 2 aromatic rings. The molecule has 3 heterocycles. The van der Waals surface area contributed by atoms with Gasteiger partial charge in [-0.15, -0.1) is 0 Å². The molecule has 1 atom stereocenters. The van der Waals surface area contributed by atoms with Gasteiger partial charge in [0, 0.05) is 32.0 Å². The summed E-state index contributed by atoms with van der Waals surface area (Å²) in [6, 6.07) is 3.15. The van der Waals surface area contributed by atoms with Crippen LogP contribution in [0.4, 0.5) is 10.8 Å². The van der Waals surface area contributed by atoms with Gasteiger partial charge in [-0.3, -0.25) is 14.9 Å². The maximum atomic E-state index is 12.5. The van der Waals surface area contributed by atoms with Gasteiger partial charge in [0.25, 0.3) is 11.2 Å². The number of non-ortho nitro benzene ring substituents is 1. The van der Waals surface area contributed by atoms with Crippen molar-refractivity contribution in [2.75, 3.05) is 24.6 Å². The fourth-order valence-electron chi connectivity index (χ4n) is 3.56. The predicted molar refractivity (Wildman–Crippen MR) is 105 cm³/mol. The molecule has 27 heavy (non-hydrogen) atoms. The number of aryl methyl sites for hydroxylation is 1. The normalized spacial score (nSPS) is 21.4. The number of piperidine rings is 1. The molecule has 0 aliphatic carbocycles. The van der Waals surface area contributed by atoms with Crippen LogP contribution in [-0.2, 0) is 9.47 Å². The van der Waals surface area contributed by atoms with Gasteiger partial charge in [0.15, 0.2) is 10.9 Å². The summed E-state index contributed by atoms with van der Waals surface area (Å²) in [6.07, 6.45) is 1.43. The molecule has 0 N–H and O–H groups in total. The van der Waals surface area contributed by atoms with Crippen LogP contribution in [0.5, 0.6) is 0 Å². The van der Waals surface area contributed by atoms with Crippen molar-refractivity contribution in [1.82, 2.24) is 4.98 Å². The highest BCUT2D eigenvalue weighted by atomic mass is 32.1. The molecular formula is C18H23N3O5S. The van der Waals surface area contributed by atoms with Crippen LogP contribution in [-0.4, -0.2) is 41.5 Å². The third-order valence-electron chi connectivity index (χ3n) is 4.82. The molecule has 2 saturated heterocycles. The Kier molecular flexibility index (Phi) is 5.20. The summed E-state index contributed by atoms with van der Waals surface area (Å²) < 4.78 is 12.1. The summed E-state index contributed by atoms with van der Waals surface area (Å²) in [5.41, 5.74) is 0.200. The molecule has 0 saturated carbocycles. The lowest BCUT2D eigenvalue weighted by Crippen LogP contribution is -2.45. The van der Waals surface area contributed by atoms with E-state index in [1.807, 2.05) is 11.8 Å². The van der Waals surface area contributed by atoms with E-state index < -0.39 is 16.3 Å². The fourth-order valence-corrected chi connectivity index (χ4v) is 4.67. The van der Waals surface area contributed by atoms with Gasteiger partial charge in [-0.2, -0.15) is 4.98 Å². The standard InChI is InChI=1S/C17H19N3O5S.CH4/c1-10-7-12-14(13(8-10)20(22)23)26-16(18-15(12)21)19-5-3-17(4-6-19)24-9-11(2)25-17;/h7-8,11H,3-6,9H2,1-2H3;1H4/t11-;/m0./s1. The van der Waals surface area contributed by atoms with Crippen LogP contribution in [0.3, 0.4) is 0 Å². The van der Waals surface area contributed by atoms with Crippen molar-refractivity contribution in [3.63, 3.8) is 0 Å². The molecule has 0 radical (unpaired) electrons. The summed E-state index contributed by atoms with van der Waals surface area (Å²) in [6.45, 7) is 5.56. The Morgan fingerprint density at radius 2 is 2.07 bits per heavy atom. The minimum absolute atomic E-state index is 0. The number of ether oxygens (including phenoxy) is 2. The van der Waals surface area contributed by atoms with E-state index in [0.29, 0.717) is 53.3 Å². The molecule has 9 heteroatoms. The SMILES string of the molecule is C.Cc1cc([N+](=O)[O-])c2sc(N3CCC4(CC3)OC[C@H](C)O4)nc(=O)c2c1. The average Bonchev–Trinajstić information content (AvgIpc) is 2.95. The number of hydrogen-bond donors (Lipinski definition) is 0. The first-order chi connectivity index (χ1) is 12.4. The summed E-state index contributed by atoms with van der Waals surface area (Å²) >= 11 is 1.19. The van der Waals surface area contributed by atoms with E-state index >= 15 is 0 Å². The molecule has 8 nitrogen and oxygen atoms in total. The number of anilines is 1.